The minimum Gasteiger partial charge on any atom is -0.497 e. The molecule has 3 aromatic rings. The van der Waals surface area contributed by atoms with Crippen LogP contribution >= 0.6 is 11.3 Å². The Hall–Kier alpha value is -2.61. The van der Waals surface area contributed by atoms with E-state index in [1.54, 1.807) is 24.5 Å². The van der Waals surface area contributed by atoms with Crippen LogP contribution in [0.25, 0.3) is 10.2 Å². The molecule has 1 saturated heterocycles. The highest BCUT2D eigenvalue weighted by atomic mass is 32.1. The van der Waals surface area contributed by atoms with E-state index in [1.165, 1.54) is 10.8 Å². The summed E-state index contributed by atoms with van der Waals surface area (Å²) in [5, 5.41) is 7.69. The van der Waals surface area contributed by atoms with Crippen LogP contribution in [0.1, 0.15) is 6.42 Å². The lowest BCUT2D eigenvalue weighted by Gasteiger charge is -2.21. The van der Waals surface area contributed by atoms with Gasteiger partial charge in [0.15, 0.2) is 5.13 Å². The molecular formula is C17H19N5O2S. The average Bonchev–Trinajstić information content (AvgIpc) is 2.90. The summed E-state index contributed by atoms with van der Waals surface area (Å²) in [4.78, 5) is 20.5. The highest BCUT2D eigenvalue weighted by Gasteiger charge is 2.19. The molecule has 1 aliphatic rings. The van der Waals surface area contributed by atoms with Crippen LogP contribution in [0.3, 0.4) is 0 Å². The van der Waals surface area contributed by atoms with Crippen molar-refractivity contribution in [3.8, 4) is 5.75 Å². The van der Waals surface area contributed by atoms with Gasteiger partial charge in [-0.25, -0.2) is 10.1 Å². The van der Waals surface area contributed by atoms with Crippen molar-refractivity contribution in [3.63, 3.8) is 0 Å². The minimum atomic E-state index is -0.176. The summed E-state index contributed by atoms with van der Waals surface area (Å²) in [5.74, 6) is 1.64. The van der Waals surface area contributed by atoms with Gasteiger partial charge in [-0.05, 0) is 24.6 Å². The number of nitrogens with one attached hydrogen (secondary N) is 1. The second-order valence-electron chi connectivity index (χ2n) is 5.94. The zero-order valence-corrected chi connectivity index (χ0v) is 14.8. The van der Waals surface area contributed by atoms with Gasteiger partial charge < -0.3 is 14.5 Å². The van der Waals surface area contributed by atoms with Crippen LogP contribution in [0.15, 0.2) is 35.1 Å². The molecule has 25 heavy (non-hydrogen) atoms. The number of hydrogen-bond donors (Lipinski definition) is 1. The van der Waals surface area contributed by atoms with Gasteiger partial charge in [0.2, 0.25) is 0 Å². The van der Waals surface area contributed by atoms with Gasteiger partial charge in [-0.2, -0.15) is 5.10 Å². The maximum Gasteiger partial charge on any atom is 0.264 e. The number of hydrogen-bond acceptors (Lipinski definition) is 7. The van der Waals surface area contributed by atoms with E-state index >= 15 is 0 Å². The molecule has 4 rings (SSSR count). The highest BCUT2D eigenvalue weighted by molar-refractivity contribution is 7.22. The molecule has 0 radical (unpaired) electrons. The van der Waals surface area contributed by atoms with Crippen molar-refractivity contribution >= 4 is 32.5 Å². The lowest BCUT2D eigenvalue weighted by Crippen LogP contribution is -2.31. The fraction of sp³-hybridized carbons (Fsp3) is 0.353. The van der Waals surface area contributed by atoms with Gasteiger partial charge in [-0.15, -0.1) is 0 Å². The van der Waals surface area contributed by atoms with E-state index in [0.717, 1.165) is 54.8 Å². The maximum absolute atomic E-state index is 11.2. The molecule has 0 atom stereocenters. The molecule has 8 heteroatoms. The predicted octanol–water partition coefficient (Wildman–Crippen LogP) is 2.10. The van der Waals surface area contributed by atoms with Crippen molar-refractivity contribution < 1.29 is 4.74 Å². The first-order valence-corrected chi connectivity index (χ1v) is 9.05. The van der Waals surface area contributed by atoms with Crippen LogP contribution in [0.5, 0.6) is 5.75 Å². The molecule has 130 valence electrons. The zero-order chi connectivity index (χ0) is 17.2. The van der Waals surface area contributed by atoms with Crippen LogP contribution < -0.4 is 20.1 Å². The Labute approximate surface area is 148 Å². The molecule has 1 fully saturated rings. The summed E-state index contributed by atoms with van der Waals surface area (Å²) in [6, 6.07) is 9.30. The Balaban J connectivity index is 1.52. The van der Waals surface area contributed by atoms with Crippen molar-refractivity contribution in [2.45, 2.75) is 6.42 Å². The first-order valence-electron chi connectivity index (χ1n) is 8.23. The Morgan fingerprint density at radius 3 is 2.76 bits per heavy atom. The summed E-state index contributed by atoms with van der Waals surface area (Å²) in [6.07, 6.45) is 1.01. The third kappa shape index (κ3) is 3.30. The smallest absolute Gasteiger partial charge is 0.264 e. The van der Waals surface area contributed by atoms with Gasteiger partial charge in [-0.1, -0.05) is 11.3 Å². The number of benzene rings is 1. The second-order valence-corrected chi connectivity index (χ2v) is 6.95. The molecule has 0 amide bonds. The number of aromatic amines is 1. The van der Waals surface area contributed by atoms with E-state index in [2.05, 4.69) is 26.1 Å². The van der Waals surface area contributed by atoms with Gasteiger partial charge in [0.25, 0.3) is 5.56 Å². The molecule has 0 spiro atoms. The Morgan fingerprint density at radius 1 is 1.12 bits per heavy atom. The largest absolute Gasteiger partial charge is 0.497 e. The number of methoxy groups -OCH3 is 1. The molecule has 2 aromatic heterocycles. The lowest BCUT2D eigenvalue weighted by atomic mass is 10.3. The van der Waals surface area contributed by atoms with E-state index < -0.39 is 0 Å². The summed E-state index contributed by atoms with van der Waals surface area (Å²) in [5.41, 5.74) is 0.799. The van der Waals surface area contributed by atoms with E-state index in [1.807, 2.05) is 12.1 Å². The van der Waals surface area contributed by atoms with Crippen LogP contribution in [-0.2, 0) is 0 Å². The van der Waals surface area contributed by atoms with Crippen molar-refractivity contribution in [1.29, 1.82) is 0 Å². The molecule has 1 aliphatic heterocycles. The summed E-state index contributed by atoms with van der Waals surface area (Å²) in [7, 11) is 1.67. The van der Waals surface area contributed by atoms with Crippen molar-refractivity contribution in [1.82, 2.24) is 15.2 Å². The monoisotopic (exact) mass is 357 g/mol. The first kappa shape index (κ1) is 15.9. The zero-order valence-electron chi connectivity index (χ0n) is 13.9. The molecular weight excluding hydrogens is 338 g/mol. The Bertz CT molecular complexity index is 918. The second kappa shape index (κ2) is 6.72. The number of H-pyrrole nitrogens is 1. The van der Waals surface area contributed by atoms with Crippen LogP contribution in [0.4, 0.5) is 10.9 Å². The fourth-order valence-corrected chi connectivity index (χ4v) is 4.01. The van der Waals surface area contributed by atoms with Crippen LogP contribution in [0.2, 0.25) is 0 Å². The number of anilines is 2. The maximum atomic E-state index is 11.2. The minimum absolute atomic E-state index is 0.176. The third-order valence-corrected chi connectivity index (χ3v) is 5.44. The molecule has 0 unspecified atom stereocenters. The SMILES string of the molecule is COc1ccc2sc(N3CCCN(c4ccc(=O)[nH]n4)CC3)nc2c1. The average molecular weight is 357 g/mol. The van der Waals surface area contributed by atoms with E-state index in [9.17, 15) is 4.79 Å². The molecule has 3 heterocycles. The number of aromatic nitrogens is 3. The Kier molecular flexibility index (Phi) is 4.27. The van der Waals surface area contributed by atoms with Gasteiger partial charge >= 0.3 is 0 Å². The van der Waals surface area contributed by atoms with Crippen molar-refractivity contribution in [3.05, 3.63) is 40.7 Å². The standard InChI is InChI=1S/C17H19N5O2S/c1-24-12-3-4-14-13(11-12)18-17(25-14)22-8-2-7-21(9-10-22)15-5-6-16(23)20-19-15/h3-6,11H,2,7-10H2,1H3,(H,20,23). The van der Waals surface area contributed by atoms with Crippen LogP contribution in [-0.4, -0.2) is 48.5 Å². The molecule has 0 aliphatic carbocycles. The predicted molar refractivity (Wildman–Crippen MR) is 100 cm³/mol. The number of nitrogens with zero attached hydrogens (tertiary/aromatic N) is 4. The lowest BCUT2D eigenvalue weighted by molar-refractivity contribution is 0.415. The summed E-state index contributed by atoms with van der Waals surface area (Å²) in [6.45, 7) is 3.58. The molecule has 1 aromatic carbocycles. The van der Waals surface area contributed by atoms with Gasteiger partial charge in [0.1, 0.15) is 11.6 Å². The van der Waals surface area contributed by atoms with Crippen molar-refractivity contribution in [2.24, 2.45) is 0 Å². The topological polar surface area (TPSA) is 74.3 Å². The number of fused-ring (bicyclic) bond motifs is 1. The fourth-order valence-electron chi connectivity index (χ4n) is 3.01. The summed E-state index contributed by atoms with van der Waals surface area (Å²) < 4.78 is 6.45. The quantitative estimate of drug-likeness (QED) is 0.774. The molecule has 0 saturated carbocycles. The normalized spacial score (nSPS) is 15.4. The summed E-state index contributed by atoms with van der Waals surface area (Å²) >= 11 is 1.71. The van der Waals surface area contributed by atoms with Gasteiger partial charge in [0, 0.05) is 38.3 Å². The first-order chi connectivity index (χ1) is 12.2. The highest BCUT2D eigenvalue weighted by Crippen LogP contribution is 2.31. The third-order valence-electron chi connectivity index (χ3n) is 4.34. The molecule has 0 bridgehead atoms. The molecule has 7 nitrogen and oxygen atoms in total. The Morgan fingerprint density at radius 2 is 1.96 bits per heavy atom. The number of thiazole rings is 1. The van der Waals surface area contributed by atoms with Crippen LogP contribution in [0, 0.1) is 0 Å². The molecule has 1 N–H and O–H groups in total. The van der Waals surface area contributed by atoms with E-state index in [4.69, 9.17) is 9.72 Å². The van der Waals surface area contributed by atoms with Gasteiger partial charge in [0.05, 0.1) is 17.3 Å². The van der Waals surface area contributed by atoms with E-state index in [0.29, 0.717) is 0 Å². The number of rotatable bonds is 3. The number of ether oxygens (including phenoxy) is 1. The van der Waals surface area contributed by atoms with Gasteiger partial charge in [-0.3, -0.25) is 4.79 Å². The van der Waals surface area contributed by atoms with Crippen molar-refractivity contribution in [2.75, 3.05) is 43.1 Å². The van der Waals surface area contributed by atoms with E-state index in [-0.39, 0.29) is 5.56 Å².